The molecule has 0 saturated heterocycles. The number of ether oxygens (including phenoxy) is 3. The quantitative estimate of drug-likeness (QED) is 0.628. The zero-order valence-electron chi connectivity index (χ0n) is 18.5. The highest BCUT2D eigenvalue weighted by Crippen LogP contribution is 2.43. The number of carbonyl (C=O) groups excluding carboxylic acids is 1. The number of nitrogens with zero attached hydrogens (tertiary/aromatic N) is 2. The minimum Gasteiger partial charge on any atom is -0.493 e. The number of pyridine rings is 1. The van der Waals surface area contributed by atoms with E-state index in [0.717, 1.165) is 5.56 Å². The van der Waals surface area contributed by atoms with Crippen molar-refractivity contribution in [3.05, 3.63) is 55.9 Å². The van der Waals surface area contributed by atoms with Gasteiger partial charge in [0.25, 0.3) is 5.56 Å². The molecule has 9 heteroatoms. The SMILES string of the molecule is CCCn1c(=O)[nH]c(=O)c2c3c(cnc21)C(=O)CC(c1cc(OC)c(OC)c(OC)c1)C3. The topological polar surface area (TPSA) is 113 Å². The zero-order valence-corrected chi connectivity index (χ0v) is 18.5. The molecule has 2 heterocycles. The number of aryl methyl sites for hydroxylation is 1. The van der Waals surface area contributed by atoms with Crippen molar-refractivity contribution in [2.45, 2.75) is 38.6 Å². The van der Waals surface area contributed by atoms with E-state index in [2.05, 4.69) is 9.97 Å². The summed E-state index contributed by atoms with van der Waals surface area (Å²) < 4.78 is 17.8. The number of aromatic amines is 1. The Kier molecular flexibility index (Phi) is 5.73. The molecule has 1 unspecified atom stereocenters. The Labute approximate surface area is 184 Å². The van der Waals surface area contributed by atoms with Gasteiger partial charge in [-0.3, -0.25) is 19.1 Å². The van der Waals surface area contributed by atoms with Gasteiger partial charge in [0.2, 0.25) is 5.75 Å². The monoisotopic (exact) mass is 439 g/mol. The second kappa shape index (κ2) is 8.49. The summed E-state index contributed by atoms with van der Waals surface area (Å²) >= 11 is 0. The summed E-state index contributed by atoms with van der Waals surface area (Å²) in [5.41, 5.74) is 1.14. The average molecular weight is 439 g/mol. The number of ketones is 1. The van der Waals surface area contributed by atoms with Crippen LogP contribution in [0.15, 0.2) is 27.9 Å². The summed E-state index contributed by atoms with van der Waals surface area (Å²) in [4.78, 5) is 44.8. The van der Waals surface area contributed by atoms with E-state index in [1.165, 1.54) is 32.1 Å². The van der Waals surface area contributed by atoms with E-state index in [1.807, 2.05) is 19.1 Å². The van der Waals surface area contributed by atoms with Crippen molar-refractivity contribution < 1.29 is 19.0 Å². The minimum atomic E-state index is -0.528. The van der Waals surface area contributed by atoms with Gasteiger partial charge in [-0.2, -0.15) is 0 Å². The number of aromatic nitrogens is 3. The predicted molar refractivity (Wildman–Crippen MR) is 118 cm³/mol. The fraction of sp³-hybridized carbons (Fsp3) is 0.391. The summed E-state index contributed by atoms with van der Waals surface area (Å²) in [5.74, 6) is 1.15. The standard InChI is InChI=1S/C23H25N3O6/c1-5-6-26-21-19(22(28)25-23(26)29)14-7-12(8-16(27)15(14)11-24-21)13-9-17(30-2)20(32-4)18(10-13)31-3/h9-12H,5-8H2,1-4H3,(H,25,28,29). The molecule has 9 nitrogen and oxygen atoms in total. The minimum absolute atomic E-state index is 0.105. The van der Waals surface area contributed by atoms with Gasteiger partial charge in [-0.05, 0) is 42.0 Å². The normalized spacial score (nSPS) is 15.5. The molecule has 1 aromatic carbocycles. The van der Waals surface area contributed by atoms with E-state index in [9.17, 15) is 14.4 Å². The summed E-state index contributed by atoms with van der Waals surface area (Å²) in [6.07, 6.45) is 2.88. The van der Waals surface area contributed by atoms with Crippen LogP contribution >= 0.6 is 0 Å². The van der Waals surface area contributed by atoms with Crippen molar-refractivity contribution in [2.75, 3.05) is 21.3 Å². The second-order valence-corrected chi connectivity index (χ2v) is 7.75. The molecular weight excluding hydrogens is 414 g/mol. The molecule has 1 aliphatic rings. The second-order valence-electron chi connectivity index (χ2n) is 7.75. The molecule has 0 saturated carbocycles. The molecule has 32 heavy (non-hydrogen) atoms. The largest absolute Gasteiger partial charge is 0.493 e. The highest BCUT2D eigenvalue weighted by Gasteiger charge is 2.31. The third kappa shape index (κ3) is 3.43. The number of rotatable bonds is 6. The average Bonchev–Trinajstić information content (AvgIpc) is 2.79. The smallest absolute Gasteiger partial charge is 0.329 e. The molecule has 0 bridgehead atoms. The highest BCUT2D eigenvalue weighted by molar-refractivity contribution is 6.02. The van der Waals surface area contributed by atoms with Crippen LogP contribution in [0.3, 0.4) is 0 Å². The lowest BCUT2D eigenvalue weighted by Gasteiger charge is -2.26. The molecule has 0 radical (unpaired) electrons. The van der Waals surface area contributed by atoms with Gasteiger partial charge in [0.1, 0.15) is 5.65 Å². The van der Waals surface area contributed by atoms with Gasteiger partial charge in [0, 0.05) is 24.7 Å². The van der Waals surface area contributed by atoms with Crippen LogP contribution in [0.1, 0.15) is 47.2 Å². The summed E-state index contributed by atoms with van der Waals surface area (Å²) in [6, 6.07) is 3.65. The molecular formula is C23H25N3O6. The van der Waals surface area contributed by atoms with Crippen molar-refractivity contribution in [3.63, 3.8) is 0 Å². The maximum atomic E-state index is 13.0. The maximum absolute atomic E-state index is 13.0. The molecule has 168 valence electrons. The Morgan fingerprint density at radius 3 is 2.34 bits per heavy atom. The van der Waals surface area contributed by atoms with Gasteiger partial charge in [-0.25, -0.2) is 9.78 Å². The van der Waals surface area contributed by atoms with Crippen LogP contribution in [0, 0.1) is 0 Å². The lowest BCUT2D eigenvalue weighted by atomic mass is 9.79. The van der Waals surface area contributed by atoms with Crippen LogP contribution in [-0.4, -0.2) is 41.6 Å². The molecule has 2 aromatic heterocycles. The van der Waals surface area contributed by atoms with Crippen LogP contribution in [0.5, 0.6) is 17.2 Å². The molecule has 0 fully saturated rings. The third-order valence-electron chi connectivity index (χ3n) is 5.90. The molecule has 3 aromatic rings. The lowest BCUT2D eigenvalue weighted by Crippen LogP contribution is -2.33. The number of H-pyrrole nitrogens is 1. The third-order valence-corrected chi connectivity index (χ3v) is 5.90. The van der Waals surface area contributed by atoms with E-state index in [0.29, 0.717) is 58.8 Å². The molecule has 0 spiro atoms. The number of nitrogens with one attached hydrogen (secondary N) is 1. The van der Waals surface area contributed by atoms with Gasteiger partial charge < -0.3 is 14.2 Å². The Bertz CT molecular complexity index is 1300. The van der Waals surface area contributed by atoms with Crippen molar-refractivity contribution in [3.8, 4) is 17.2 Å². The molecule has 1 atom stereocenters. The number of benzene rings is 1. The Morgan fingerprint density at radius 2 is 1.75 bits per heavy atom. The number of hydrogen-bond acceptors (Lipinski definition) is 7. The van der Waals surface area contributed by atoms with Gasteiger partial charge in [0.05, 0.1) is 26.7 Å². The number of methoxy groups -OCH3 is 3. The van der Waals surface area contributed by atoms with Gasteiger partial charge in [-0.15, -0.1) is 0 Å². The van der Waals surface area contributed by atoms with Crippen LogP contribution in [0.2, 0.25) is 0 Å². The molecule has 1 N–H and O–H groups in total. The highest BCUT2D eigenvalue weighted by atomic mass is 16.5. The van der Waals surface area contributed by atoms with Crippen molar-refractivity contribution in [2.24, 2.45) is 0 Å². The number of Topliss-reactive ketones (excluding diaryl/α,β-unsaturated/α-hetero) is 1. The van der Waals surface area contributed by atoms with Crippen molar-refractivity contribution >= 4 is 16.8 Å². The van der Waals surface area contributed by atoms with Crippen LogP contribution in [-0.2, 0) is 13.0 Å². The Balaban J connectivity index is 1.90. The lowest BCUT2D eigenvalue weighted by molar-refractivity contribution is 0.0964. The fourth-order valence-electron chi connectivity index (χ4n) is 4.41. The summed E-state index contributed by atoms with van der Waals surface area (Å²) in [5, 5.41) is 0.293. The predicted octanol–water partition coefficient (Wildman–Crippen LogP) is 2.43. The first-order chi connectivity index (χ1) is 15.4. The van der Waals surface area contributed by atoms with E-state index in [1.54, 1.807) is 0 Å². The fourth-order valence-corrected chi connectivity index (χ4v) is 4.41. The number of fused-ring (bicyclic) bond motifs is 3. The van der Waals surface area contributed by atoms with Crippen LogP contribution in [0.25, 0.3) is 11.0 Å². The van der Waals surface area contributed by atoms with Crippen LogP contribution < -0.4 is 25.5 Å². The number of carbonyl (C=O) groups is 1. The first-order valence-electron chi connectivity index (χ1n) is 10.4. The van der Waals surface area contributed by atoms with Crippen molar-refractivity contribution in [1.29, 1.82) is 0 Å². The summed E-state index contributed by atoms with van der Waals surface area (Å²) in [7, 11) is 4.60. The van der Waals surface area contributed by atoms with E-state index < -0.39 is 11.2 Å². The van der Waals surface area contributed by atoms with Gasteiger partial charge in [-0.1, -0.05) is 6.92 Å². The maximum Gasteiger partial charge on any atom is 0.329 e. The zero-order chi connectivity index (χ0) is 23.0. The molecule has 0 aliphatic heterocycles. The van der Waals surface area contributed by atoms with Crippen molar-refractivity contribution in [1.82, 2.24) is 14.5 Å². The number of hydrogen-bond donors (Lipinski definition) is 1. The molecule has 4 rings (SSSR count). The van der Waals surface area contributed by atoms with Gasteiger partial charge in [0.15, 0.2) is 17.3 Å². The Morgan fingerprint density at radius 1 is 1.06 bits per heavy atom. The van der Waals surface area contributed by atoms with Crippen LogP contribution in [0.4, 0.5) is 0 Å². The molecule has 1 aliphatic carbocycles. The van der Waals surface area contributed by atoms with E-state index in [-0.39, 0.29) is 18.1 Å². The van der Waals surface area contributed by atoms with E-state index in [4.69, 9.17) is 14.2 Å². The Hall–Kier alpha value is -3.62. The molecule has 0 amide bonds. The first-order valence-corrected chi connectivity index (χ1v) is 10.4. The first kappa shape index (κ1) is 21.6. The van der Waals surface area contributed by atoms with Gasteiger partial charge >= 0.3 is 5.69 Å². The summed E-state index contributed by atoms with van der Waals surface area (Å²) in [6.45, 7) is 2.36. The van der Waals surface area contributed by atoms with E-state index >= 15 is 0 Å².